The van der Waals surface area contributed by atoms with Crippen molar-refractivity contribution in [3.63, 3.8) is 0 Å². The van der Waals surface area contributed by atoms with Crippen LogP contribution in [0.1, 0.15) is 42.6 Å². The first-order valence-corrected chi connectivity index (χ1v) is 6.05. The summed E-state index contributed by atoms with van der Waals surface area (Å²) >= 11 is 3.46. The van der Waals surface area contributed by atoms with Crippen molar-refractivity contribution >= 4 is 21.8 Å². The zero-order valence-electron chi connectivity index (χ0n) is 8.93. The molecule has 1 heterocycles. The first kappa shape index (κ1) is 10.7. The molecule has 3 heteroatoms. The maximum absolute atomic E-state index is 11.8. The molecule has 0 aliphatic carbocycles. The molecule has 0 fully saturated rings. The predicted octanol–water partition coefficient (Wildman–Crippen LogP) is 3.21. The van der Waals surface area contributed by atoms with Gasteiger partial charge in [-0.25, -0.2) is 0 Å². The molecule has 0 saturated heterocycles. The molecule has 2 rings (SSSR count). The van der Waals surface area contributed by atoms with Crippen molar-refractivity contribution in [2.24, 2.45) is 0 Å². The number of carbonyl (C=O) groups excluding carboxylic acids is 1. The van der Waals surface area contributed by atoms with E-state index in [0.717, 1.165) is 28.4 Å². The fourth-order valence-corrected chi connectivity index (χ4v) is 2.63. The lowest BCUT2D eigenvalue weighted by Gasteiger charge is -2.27. The van der Waals surface area contributed by atoms with Gasteiger partial charge in [-0.3, -0.25) is 4.79 Å². The minimum Gasteiger partial charge on any atom is -0.343 e. The van der Waals surface area contributed by atoms with E-state index in [-0.39, 0.29) is 11.4 Å². The number of carbonyl (C=O) groups is 1. The normalized spacial score (nSPS) is 17.4. The summed E-state index contributed by atoms with van der Waals surface area (Å²) in [5.74, 6) is 0.0567. The van der Waals surface area contributed by atoms with Crippen LogP contribution in [0.25, 0.3) is 0 Å². The highest BCUT2D eigenvalue weighted by atomic mass is 79.9. The van der Waals surface area contributed by atoms with Gasteiger partial charge >= 0.3 is 0 Å². The largest absolute Gasteiger partial charge is 0.343 e. The number of rotatable bonds is 2. The van der Waals surface area contributed by atoms with E-state index in [4.69, 9.17) is 0 Å². The third-order valence-electron chi connectivity index (χ3n) is 3.30. The summed E-state index contributed by atoms with van der Waals surface area (Å²) in [4.78, 5) is 11.8. The molecule has 0 spiro atoms. The van der Waals surface area contributed by atoms with E-state index in [2.05, 4.69) is 41.2 Å². The number of benzene rings is 1. The lowest BCUT2D eigenvalue weighted by molar-refractivity contribution is 0.0925. The molecule has 1 aliphatic heterocycles. The molecule has 0 atom stereocenters. The predicted molar refractivity (Wildman–Crippen MR) is 63.9 cm³/mol. The van der Waals surface area contributed by atoms with Gasteiger partial charge in [-0.1, -0.05) is 29.8 Å². The van der Waals surface area contributed by atoms with Crippen molar-refractivity contribution in [2.75, 3.05) is 0 Å². The van der Waals surface area contributed by atoms with E-state index in [9.17, 15) is 4.79 Å². The van der Waals surface area contributed by atoms with Crippen LogP contribution in [-0.4, -0.2) is 5.91 Å². The number of halogens is 1. The zero-order valence-corrected chi connectivity index (χ0v) is 10.5. The van der Waals surface area contributed by atoms with Crippen LogP contribution in [0.4, 0.5) is 0 Å². The molecule has 2 nitrogen and oxygen atoms in total. The smallest absolute Gasteiger partial charge is 0.252 e. The van der Waals surface area contributed by atoms with E-state index < -0.39 is 0 Å². The summed E-state index contributed by atoms with van der Waals surface area (Å²) in [6.07, 6.45) is 1.86. The van der Waals surface area contributed by atoms with Gasteiger partial charge in [-0.05, 0) is 36.6 Å². The molecule has 1 amide bonds. The van der Waals surface area contributed by atoms with E-state index in [0.29, 0.717) is 0 Å². The van der Waals surface area contributed by atoms with Crippen molar-refractivity contribution in [3.8, 4) is 0 Å². The van der Waals surface area contributed by atoms with Crippen molar-refractivity contribution in [3.05, 3.63) is 33.8 Å². The number of fused-ring (bicyclic) bond motifs is 1. The average Bonchev–Trinajstić information content (AvgIpc) is 2.52. The van der Waals surface area contributed by atoms with E-state index in [1.165, 1.54) is 0 Å². The third-order valence-corrected chi connectivity index (χ3v) is 3.79. The Kier molecular flexibility index (Phi) is 2.59. The number of nitrogens with one attached hydrogen (secondary N) is 1. The van der Waals surface area contributed by atoms with Gasteiger partial charge in [0.05, 0.1) is 5.54 Å². The Labute approximate surface area is 98.2 Å². The summed E-state index contributed by atoms with van der Waals surface area (Å²) < 4.78 is 1.03. The van der Waals surface area contributed by atoms with Crippen LogP contribution in [0.3, 0.4) is 0 Å². The lowest BCUT2D eigenvalue weighted by Crippen LogP contribution is -2.37. The van der Waals surface area contributed by atoms with Crippen LogP contribution < -0.4 is 5.32 Å². The van der Waals surface area contributed by atoms with Gasteiger partial charge in [0.1, 0.15) is 0 Å². The lowest BCUT2D eigenvalue weighted by atomic mass is 9.86. The van der Waals surface area contributed by atoms with Gasteiger partial charge in [0, 0.05) is 10.0 Å². The van der Waals surface area contributed by atoms with Gasteiger partial charge in [0.15, 0.2) is 0 Å². The highest BCUT2D eigenvalue weighted by Gasteiger charge is 2.39. The molecule has 0 radical (unpaired) electrons. The Morgan fingerprint density at radius 1 is 1.33 bits per heavy atom. The Balaban J connectivity index is 2.61. The Morgan fingerprint density at radius 3 is 2.60 bits per heavy atom. The molecule has 0 aromatic heterocycles. The first-order chi connectivity index (χ1) is 7.13. The summed E-state index contributed by atoms with van der Waals surface area (Å²) in [7, 11) is 0. The molecular formula is C12H14BrNO. The highest BCUT2D eigenvalue weighted by molar-refractivity contribution is 9.10. The maximum atomic E-state index is 11.8. The molecule has 15 heavy (non-hydrogen) atoms. The van der Waals surface area contributed by atoms with Crippen LogP contribution in [0.2, 0.25) is 0 Å². The standard InChI is InChI=1S/C12H14BrNO/c1-3-12(4-2)10-7-8(13)5-6-9(10)11(15)14-12/h5-7H,3-4H2,1-2H3,(H,14,15). The van der Waals surface area contributed by atoms with E-state index in [1.807, 2.05) is 12.1 Å². The fraction of sp³-hybridized carbons (Fsp3) is 0.417. The number of hydrogen-bond donors (Lipinski definition) is 1. The minimum absolute atomic E-state index is 0.0567. The van der Waals surface area contributed by atoms with E-state index >= 15 is 0 Å². The maximum Gasteiger partial charge on any atom is 0.252 e. The second-order valence-electron chi connectivity index (χ2n) is 3.93. The minimum atomic E-state index is -0.157. The summed E-state index contributed by atoms with van der Waals surface area (Å²) in [6.45, 7) is 4.22. The van der Waals surface area contributed by atoms with Crippen molar-refractivity contribution < 1.29 is 4.79 Å². The zero-order chi connectivity index (χ0) is 11.1. The molecular weight excluding hydrogens is 254 g/mol. The molecule has 1 N–H and O–H groups in total. The second-order valence-corrected chi connectivity index (χ2v) is 4.85. The number of amides is 1. The van der Waals surface area contributed by atoms with Crippen LogP contribution in [0, 0.1) is 0 Å². The number of hydrogen-bond acceptors (Lipinski definition) is 1. The molecule has 80 valence electrons. The fourth-order valence-electron chi connectivity index (χ4n) is 2.27. The van der Waals surface area contributed by atoms with Crippen LogP contribution >= 0.6 is 15.9 Å². The van der Waals surface area contributed by atoms with Gasteiger partial charge in [0.25, 0.3) is 5.91 Å². The highest BCUT2D eigenvalue weighted by Crippen LogP contribution is 2.37. The quantitative estimate of drug-likeness (QED) is 0.876. The van der Waals surface area contributed by atoms with E-state index in [1.54, 1.807) is 0 Å². The topological polar surface area (TPSA) is 29.1 Å². The molecule has 0 bridgehead atoms. The van der Waals surface area contributed by atoms with Crippen molar-refractivity contribution in [1.82, 2.24) is 5.32 Å². The van der Waals surface area contributed by atoms with Crippen LogP contribution in [0.5, 0.6) is 0 Å². The molecule has 0 saturated carbocycles. The van der Waals surface area contributed by atoms with Crippen molar-refractivity contribution in [2.45, 2.75) is 32.2 Å². The van der Waals surface area contributed by atoms with Crippen LogP contribution in [-0.2, 0) is 5.54 Å². The Hall–Kier alpha value is -0.830. The average molecular weight is 268 g/mol. The van der Waals surface area contributed by atoms with Gasteiger partial charge < -0.3 is 5.32 Å². The molecule has 1 aromatic rings. The molecule has 1 aromatic carbocycles. The summed E-state index contributed by atoms with van der Waals surface area (Å²) in [6, 6.07) is 5.86. The van der Waals surface area contributed by atoms with Gasteiger partial charge in [-0.2, -0.15) is 0 Å². The van der Waals surface area contributed by atoms with Gasteiger partial charge in [0.2, 0.25) is 0 Å². The molecule has 0 unspecified atom stereocenters. The second kappa shape index (κ2) is 3.63. The monoisotopic (exact) mass is 267 g/mol. The Morgan fingerprint density at radius 2 is 2.00 bits per heavy atom. The SMILES string of the molecule is CCC1(CC)NC(=O)c2ccc(Br)cc21. The Bertz CT molecular complexity index is 410. The molecule has 1 aliphatic rings. The first-order valence-electron chi connectivity index (χ1n) is 5.25. The van der Waals surface area contributed by atoms with Crippen molar-refractivity contribution in [1.29, 1.82) is 0 Å². The summed E-state index contributed by atoms with van der Waals surface area (Å²) in [5, 5.41) is 3.10. The van der Waals surface area contributed by atoms with Gasteiger partial charge in [-0.15, -0.1) is 0 Å². The third kappa shape index (κ3) is 1.49. The van der Waals surface area contributed by atoms with Crippen LogP contribution in [0.15, 0.2) is 22.7 Å². The summed E-state index contributed by atoms with van der Waals surface area (Å²) in [5.41, 5.74) is 1.80.